The van der Waals surface area contributed by atoms with Gasteiger partial charge >= 0.3 is 0 Å². The predicted octanol–water partition coefficient (Wildman–Crippen LogP) is 4.17. The van der Waals surface area contributed by atoms with E-state index in [2.05, 4.69) is 6.07 Å². The molecule has 0 radical (unpaired) electrons. The standard InChI is InChI=1S/C24H31NO6S/c1-18(2)31-22-17-19(24-25-20-5-3-4-6-23(20)32-24)7-8-21(22)30-16-15-29-14-13-28-12-11-27-10-9-26/h3-8,17-18,26H,9-16H2,1-2H3. The van der Waals surface area contributed by atoms with E-state index in [9.17, 15) is 0 Å². The minimum atomic E-state index is 0.0255. The van der Waals surface area contributed by atoms with Crippen LogP contribution < -0.4 is 9.47 Å². The van der Waals surface area contributed by atoms with Gasteiger partial charge in [0.1, 0.15) is 11.6 Å². The molecule has 1 aromatic heterocycles. The fourth-order valence-corrected chi connectivity index (χ4v) is 3.88. The maximum atomic E-state index is 8.62. The molecule has 0 aliphatic carbocycles. The number of benzene rings is 2. The van der Waals surface area contributed by atoms with Crippen molar-refractivity contribution >= 4 is 21.6 Å². The van der Waals surface area contributed by atoms with E-state index in [1.165, 1.54) is 0 Å². The molecule has 32 heavy (non-hydrogen) atoms. The van der Waals surface area contributed by atoms with E-state index in [1.807, 2.05) is 50.2 Å². The first-order valence-corrected chi connectivity index (χ1v) is 11.6. The lowest BCUT2D eigenvalue weighted by molar-refractivity contribution is 0.00346. The largest absolute Gasteiger partial charge is 0.487 e. The van der Waals surface area contributed by atoms with Crippen LogP contribution in [0.4, 0.5) is 0 Å². The zero-order chi connectivity index (χ0) is 22.6. The van der Waals surface area contributed by atoms with Gasteiger partial charge in [-0.3, -0.25) is 0 Å². The monoisotopic (exact) mass is 461 g/mol. The van der Waals surface area contributed by atoms with Gasteiger partial charge < -0.3 is 28.8 Å². The number of aromatic nitrogens is 1. The zero-order valence-electron chi connectivity index (χ0n) is 18.6. The molecule has 3 aromatic rings. The molecule has 7 nitrogen and oxygen atoms in total. The van der Waals surface area contributed by atoms with Crippen LogP contribution in [0.2, 0.25) is 0 Å². The number of aliphatic hydroxyl groups excluding tert-OH is 1. The molecule has 0 saturated heterocycles. The minimum absolute atomic E-state index is 0.0255. The van der Waals surface area contributed by atoms with Gasteiger partial charge in [-0.05, 0) is 44.2 Å². The van der Waals surface area contributed by atoms with Gasteiger partial charge in [0.15, 0.2) is 11.5 Å². The van der Waals surface area contributed by atoms with Gasteiger partial charge in [0.05, 0.1) is 62.6 Å². The van der Waals surface area contributed by atoms with Crippen LogP contribution in [-0.2, 0) is 14.2 Å². The van der Waals surface area contributed by atoms with Gasteiger partial charge in [-0.15, -0.1) is 11.3 Å². The fourth-order valence-electron chi connectivity index (χ4n) is 2.92. The molecular formula is C24H31NO6S. The Labute approximate surface area is 192 Å². The number of ether oxygens (including phenoxy) is 5. The Morgan fingerprint density at radius 1 is 0.844 bits per heavy atom. The Kier molecular flexibility index (Phi) is 10.2. The lowest BCUT2D eigenvalue weighted by Gasteiger charge is -2.16. The highest BCUT2D eigenvalue weighted by Gasteiger charge is 2.12. The zero-order valence-corrected chi connectivity index (χ0v) is 19.4. The number of fused-ring (bicyclic) bond motifs is 1. The van der Waals surface area contributed by atoms with Crippen LogP contribution in [0.3, 0.4) is 0 Å². The fraction of sp³-hybridized carbons (Fsp3) is 0.458. The normalized spacial score (nSPS) is 11.4. The maximum absolute atomic E-state index is 8.62. The molecule has 8 heteroatoms. The van der Waals surface area contributed by atoms with Crippen LogP contribution in [0.5, 0.6) is 11.5 Å². The van der Waals surface area contributed by atoms with Crippen LogP contribution >= 0.6 is 11.3 Å². The first-order valence-electron chi connectivity index (χ1n) is 10.8. The Morgan fingerprint density at radius 2 is 1.53 bits per heavy atom. The maximum Gasteiger partial charge on any atom is 0.162 e. The third kappa shape index (κ3) is 7.72. The number of thiazole rings is 1. The third-order valence-corrected chi connectivity index (χ3v) is 5.40. The van der Waals surface area contributed by atoms with Gasteiger partial charge in [0.2, 0.25) is 0 Å². The second kappa shape index (κ2) is 13.3. The summed E-state index contributed by atoms with van der Waals surface area (Å²) in [6.07, 6.45) is 0.0257. The molecule has 0 amide bonds. The quantitative estimate of drug-likeness (QED) is 0.340. The summed E-state index contributed by atoms with van der Waals surface area (Å²) >= 11 is 1.66. The topological polar surface area (TPSA) is 79.3 Å². The number of nitrogens with zero attached hydrogens (tertiary/aromatic N) is 1. The SMILES string of the molecule is CC(C)Oc1cc(-c2nc3ccccc3s2)ccc1OCCOCCOCCOCCO. The van der Waals surface area contributed by atoms with Crippen LogP contribution in [0.25, 0.3) is 20.8 Å². The van der Waals surface area contributed by atoms with Crippen molar-refractivity contribution in [2.45, 2.75) is 20.0 Å². The molecule has 0 saturated carbocycles. The van der Waals surface area contributed by atoms with E-state index < -0.39 is 0 Å². The predicted molar refractivity (Wildman–Crippen MR) is 126 cm³/mol. The van der Waals surface area contributed by atoms with Gasteiger partial charge in [0, 0.05) is 5.56 Å². The van der Waals surface area contributed by atoms with Gasteiger partial charge in [-0.1, -0.05) is 12.1 Å². The Bertz CT molecular complexity index is 912. The summed E-state index contributed by atoms with van der Waals surface area (Å²) < 4.78 is 29.1. The van der Waals surface area contributed by atoms with E-state index in [0.717, 1.165) is 20.8 Å². The molecule has 2 aromatic carbocycles. The van der Waals surface area contributed by atoms with Crippen molar-refractivity contribution in [3.8, 4) is 22.1 Å². The van der Waals surface area contributed by atoms with E-state index in [4.69, 9.17) is 33.8 Å². The number of rotatable bonds is 15. The Balaban J connectivity index is 1.48. The molecule has 1 heterocycles. The van der Waals surface area contributed by atoms with Gasteiger partial charge in [-0.2, -0.15) is 0 Å². The number of aliphatic hydroxyl groups is 1. The summed E-state index contributed by atoms with van der Waals surface area (Å²) in [5.41, 5.74) is 2.00. The second-order valence-electron chi connectivity index (χ2n) is 7.22. The number of hydrogen-bond acceptors (Lipinski definition) is 8. The highest BCUT2D eigenvalue weighted by atomic mass is 32.1. The van der Waals surface area contributed by atoms with E-state index in [1.54, 1.807) is 11.3 Å². The van der Waals surface area contributed by atoms with Crippen molar-refractivity contribution < 1.29 is 28.8 Å². The number of hydrogen-bond donors (Lipinski definition) is 1. The smallest absolute Gasteiger partial charge is 0.162 e. The molecule has 174 valence electrons. The number of para-hydroxylation sites is 1. The molecule has 3 rings (SSSR count). The van der Waals surface area contributed by atoms with Crippen molar-refractivity contribution in [3.05, 3.63) is 42.5 Å². The molecule has 1 N–H and O–H groups in total. The first-order chi connectivity index (χ1) is 15.7. The van der Waals surface area contributed by atoms with E-state index in [0.29, 0.717) is 57.7 Å². The molecule has 0 bridgehead atoms. The van der Waals surface area contributed by atoms with Crippen LogP contribution in [0.1, 0.15) is 13.8 Å². The first kappa shape index (κ1) is 24.4. The lowest BCUT2D eigenvalue weighted by atomic mass is 10.2. The molecule has 0 unspecified atom stereocenters. The molecule has 0 atom stereocenters. The summed E-state index contributed by atoms with van der Waals surface area (Å²) in [7, 11) is 0. The lowest BCUT2D eigenvalue weighted by Crippen LogP contribution is -2.14. The van der Waals surface area contributed by atoms with Crippen molar-refractivity contribution in [1.82, 2.24) is 4.98 Å². The van der Waals surface area contributed by atoms with Crippen LogP contribution in [0.15, 0.2) is 42.5 Å². The van der Waals surface area contributed by atoms with Crippen molar-refractivity contribution in [2.24, 2.45) is 0 Å². The highest BCUT2D eigenvalue weighted by Crippen LogP contribution is 2.36. The third-order valence-electron chi connectivity index (χ3n) is 4.31. The van der Waals surface area contributed by atoms with Gasteiger partial charge in [0.25, 0.3) is 0 Å². The Hall–Kier alpha value is -2.23. The van der Waals surface area contributed by atoms with Crippen LogP contribution in [-0.4, -0.2) is 69.0 Å². The molecule has 0 fully saturated rings. The average Bonchev–Trinajstić information content (AvgIpc) is 3.22. The van der Waals surface area contributed by atoms with E-state index in [-0.39, 0.29) is 12.7 Å². The average molecular weight is 462 g/mol. The molecular weight excluding hydrogens is 430 g/mol. The Morgan fingerprint density at radius 3 is 2.22 bits per heavy atom. The summed E-state index contributed by atoms with van der Waals surface area (Å²) in [5.74, 6) is 1.38. The molecule has 0 spiro atoms. The minimum Gasteiger partial charge on any atom is -0.487 e. The highest BCUT2D eigenvalue weighted by molar-refractivity contribution is 7.21. The summed E-state index contributed by atoms with van der Waals surface area (Å²) in [6, 6.07) is 14.0. The van der Waals surface area contributed by atoms with Crippen LogP contribution in [0, 0.1) is 0 Å². The molecule has 0 aliphatic heterocycles. The summed E-state index contributed by atoms with van der Waals surface area (Å²) in [6.45, 7) is 7.12. The molecule has 0 aliphatic rings. The summed E-state index contributed by atoms with van der Waals surface area (Å²) in [5, 5.41) is 9.57. The van der Waals surface area contributed by atoms with Gasteiger partial charge in [-0.25, -0.2) is 4.98 Å². The van der Waals surface area contributed by atoms with E-state index >= 15 is 0 Å². The van der Waals surface area contributed by atoms with Crippen molar-refractivity contribution in [3.63, 3.8) is 0 Å². The van der Waals surface area contributed by atoms with Crippen molar-refractivity contribution in [2.75, 3.05) is 52.9 Å². The summed E-state index contributed by atoms with van der Waals surface area (Å²) in [4.78, 5) is 4.74. The second-order valence-corrected chi connectivity index (χ2v) is 8.25. The van der Waals surface area contributed by atoms with Crippen molar-refractivity contribution in [1.29, 1.82) is 0 Å².